The van der Waals surface area contributed by atoms with Crippen molar-refractivity contribution in [2.45, 2.75) is 19.9 Å². The number of amides is 2. The molecule has 1 heterocycles. The van der Waals surface area contributed by atoms with E-state index in [9.17, 15) is 4.79 Å². The zero-order valence-corrected chi connectivity index (χ0v) is 14.0. The van der Waals surface area contributed by atoms with E-state index in [1.54, 1.807) is 24.3 Å². The fraction of sp³-hybridized carbons (Fsp3) is 0.333. The van der Waals surface area contributed by atoms with E-state index < -0.39 is 0 Å². The Balaban J connectivity index is 1.66. The molecular formula is C15H18ClN3O2S. The van der Waals surface area contributed by atoms with Crippen molar-refractivity contribution in [3.05, 3.63) is 45.4 Å². The molecule has 0 saturated heterocycles. The van der Waals surface area contributed by atoms with Crippen LogP contribution in [0.25, 0.3) is 0 Å². The molecule has 0 spiro atoms. The van der Waals surface area contributed by atoms with Crippen LogP contribution < -0.4 is 15.4 Å². The lowest BCUT2D eigenvalue weighted by atomic mass is 10.3. The molecule has 0 radical (unpaired) electrons. The van der Waals surface area contributed by atoms with Crippen LogP contribution in [0.3, 0.4) is 0 Å². The van der Waals surface area contributed by atoms with Crippen LogP contribution in [0.15, 0.2) is 29.6 Å². The number of carbonyl (C=O) groups is 1. The highest BCUT2D eigenvalue weighted by Crippen LogP contribution is 2.17. The second kappa shape index (κ2) is 8.00. The number of halogens is 1. The van der Waals surface area contributed by atoms with Gasteiger partial charge in [0.25, 0.3) is 0 Å². The van der Waals surface area contributed by atoms with Crippen LogP contribution >= 0.6 is 22.9 Å². The molecular weight excluding hydrogens is 322 g/mol. The molecule has 2 amide bonds. The van der Waals surface area contributed by atoms with E-state index in [2.05, 4.69) is 15.6 Å². The average molecular weight is 340 g/mol. The molecule has 1 atom stereocenters. The number of benzene rings is 1. The zero-order chi connectivity index (χ0) is 15.9. The molecule has 0 bridgehead atoms. The van der Waals surface area contributed by atoms with Crippen LogP contribution in [0.1, 0.15) is 23.7 Å². The number of nitrogens with one attached hydrogen (secondary N) is 2. The number of ether oxygens (including phenoxy) is 1. The molecule has 1 aromatic carbocycles. The first-order valence-corrected chi connectivity index (χ1v) is 8.15. The van der Waals surface area contributed by atoms with E-state index in [0.29, 0.717) is 18.2 Å². The van der Waals surface area contributed by atoms with Gasteiger partial charge in [0.2, 0.25) is 0 Å². The summed E-state index contributed by atoms with van der Waals surface area (Å²) in [5.74, 6) is 0.721. The molecule has 0 aliphatic heterocycles. The van der Waals surface area contributed by atoms with Crippen molar-refractivity contribution in [1.82, 2.24) is 15.6 Å². The first-order valence-electron chi connectivity index (χ1n) is 6.89. The molecule has 0 saturated carbocycles. The lowest BCUT2D eigenvalue weighted by Crippen LogP contribution is -2.38. The smallest absolute Gasteiger partial charge is 0.315 e. The highest BCUT2D eigenvalue weighted by molar-refractivity contribution is 7.09. The molecule has 22 heavy (non-hydrogen) atoms. The fourth-order valence-corrected chi connectivity index (χ4v) is 2.67. The summed E-state index contributed by atoms with van der Waals surface area (Å²) in [5, 5.41) is 9.11. The number of urea groups is 1. The van der Waals surface area contributed by atoms with Crippen molar-refractivity contribution in [1.29, 1.82) is 0 Å². The summed E-state index contributed by atoms with van der Waals surface area (Å²) in [6, 6.07) is 6.74. The Labute approximate surface area is 138 Å². The van der Waals surface area contributed by atoms with Crippen molar-refractivity contribution in [2.24, 2.45) is 0 Å². The number of hydrogen-bond acceptors (Lipinski definition) is 4. The van der Waals surface area contributed by atoms with Crippen LogP contribution in [0.4, 0.5) is 4.79 Å². The van der Waals surface area contributed by atoms with Gasteiger partial charge in [0.05, 0.1) is 12.6 Å². The van der Waals surface area contributed by atoms with Crippen molar-refractivity contribution < 1.29 is 9.53 Å². The standard InChI is InChI=1S/C15H18ClN3O2S/c1-10-9-22-14(18-10)11(2)19-15(20)17-7-8-21-13-5-3-12(16)4-6-13/h3-6,9,11H,7-8H2,1-2H3,(H2,17,19,20). The third-order valence-corrected chi connectivity index (χ3v) is 4.22. The first kappa shape index (κ1) is 16.6. The number of nitrogens with zero attached hydrogens (tertiary/aromatic N) is 1. The molecule has 1 aromatic heterocycles. The maximum atomic E-state index is 11.8. The van der Waals surface area contributed by atoms with Crippen molar-refractivity contribution in [3.8, 4) is 5.75 Å². The summed E-state index contributed by atoms with van der Waals surface area (Å²) < 4.78 is 5.49. The van der Waals surface area contributed by atoms with E-state index in [4.69, 9.17) is 16.3 Å². The van der Waals surface area contributed by atoms with Gasteiger partial charge in [0.1, 0.15) is 17.4 Å². The van der Waals surface area contributed by atoms with Gasteiger partial charge in [-0.15, -0.1) is 11.3 Å². The number of thiazole rings is 1. The molecule has 118 valence electrons. The minimum absolute atomic E-state index is 0.115. The topological polar surface area (TPSA) is 63.2 Å². The summed E-state index contributed by atoms with van der Waals surface area (Å²) in [5.41, 5.74) is 0.963. The molecule has 2 aromatic rings. The normalized spacial score (nSPS) is 11.8. The van der Waals surface area contributed by atoms with Gasteiger partial charge in [0, 0.05) is 16.1 Å². The maximum absolute atomic E-state index is 11.8. The van der Waals surface area contributed by atoms with Gasteiger partial charge in [-0.25, -0.2) is 9.78 Å². The number of rotatable bonds is 6. The van der Waals surface area contributed by atoms with Gasteiger partial charge in [-0.05, 0) is 38.1 Å². The number of aryl methyl sites for hydroxylation is 1. The summed E-state index contributed by atoms with van der Waals surface area (Å²) in [6.45, 7) is 4.64. The maximum Gasteiger partial charge on any atom is 0.315 e. The fourth-order valence-electron chi connectivity index (χ4n) is 1.74. The van der Waals surface area contributed by atoms with Crippen molar-refractivity contribution >= 4 is 29.0 Å². The van der Waals surface area contributed by atoms with Crippen LogP contribution in [-0.4, -0.2) is 24.2 Å². The van der Waals surface area contributed by atoms with Crippen LogP contribution in [-0.2, 0) is 0 Å². The predicted molar refractivity (Wildman–Crippen MR) is 88.7 cm³/mol. The second-order valence-electron chi connectivity index (χ2n) is 4.75. The van der Waals surface area contributed by atoms with Crippen molar-refractivity contribution in [3.63, 3.8) is 0 Å². The van der Waals surface area contributed by atoms with Gasteiger partial charge in [-0.1, -0.05) is 11.6 Å². The van der Waals surface area contributed by atoms with Gasteiger partial charge < -0.3 is 15.4 Å². The number of aromatic nitrogens is 1. The van der Waals surface area contributed by atoms with Crippen LogP contribution in [0.2, 0.25) is 5.02 Å². The zero-order valence-electron chi connectivity index (χ0n) is 12.4. The lowest BCUT2D eigenvalue weighted by Gasteiger charge is -2.12. The SMILES string of the molecule is Cc1csc(C(C)NC(=O)NCCOc2ccc(Cl)cc2)n1. The number of hydrogen-bond donors (Lipinski definition) is 2. The van der Waals surface area contributed by atoms with E-state index >= 15 is 0 Å². The first-order chi connectivity index (χ1) is 10.5. The molecule has 2 rings (SSSR count). The highest BCUT2D eigenvalue weighted by Gasteiger charge is 2.11. The second-order valence-corrected chi connectivity index (χ2v) is 6.08. The Morgan fingerprint density at radius 3 is 2.77 bits per heavy atom. The summed E-state index contributed by atoms with van der Waals surface area (Å²) in [6.07, 6.45) is 0. The Morgan fingerprint density at radius 2 is 2.14 bits per heavy atom. The van der Waals surface area contributed by atoms with Crippen LogP contribution in [0.5, 0.6) is 5.75 Å². The lowest BCUT2D eigenvalue weighted by molar-refractivity contribution is 0.233. The molecule has 2 N–H and O–H groups in total. The third-order valence-electron chi connectivity index (χ3n) is 2.82. The van der Waals surface area contributed by atoms with E-state index in [1.165, 1.54) is 11.3 Å². The van der Waals surface area contributed by atoms with Crippen molar-refractivity contribution in [2.75, 3.05) is 13.2 Å². The van der Waals surface area contributed by atoms with Gasteiger partial charge in [-0.2, -0.15) is 0 Å². The van der Waals surface area contributed by atoms with Gasteiger partial charge >= 0.3 is 6.03 Å². The monoisotopic (exact) mass is 339 g/mol. The molecule has 0 aliphatic carbocycles. The molecule has 1 unspecified atom stereocenters. The van der Waals surface area contributed by atoms with Gasteiger partial charge in [-0.3, -0.25) is 0 Å². The average Bonchev–Trinajstić information content (AvgIpc) is 2.92. The summed E-state index contributed by atoms with van der Waals surface area (Å²) in [7, 11) is 0. The predicted octanol–water partition coefficient (Wildman–Crippen LogP) is 3.54. The Morgan fingerprint density at radius 1 is 1.41 bits per heavy atom. The third kappa shape index (κ3) is 5.20. The van der Waals surface area contributed by atoms with Crippen LogP contribution in [0, 0.1) is 6.92 Å². The van der Waals surface area contributed by atoms with E-state index in [1.807, 2.05) is 19.2 Å². The van der Waals surface area contributed by atoms with E-state index in [-0.39, 0.29) is 12.1 Å². The van der Waals surface area contributed by atoms with E-state index in [0.717, 1.165) is 16.5 Å². The quantitative estimate of drug-likeness (QED) is 0.791. The Kier molecular flexibility index (Phi) is 6.03. The summed E-state index contributed by atoms with van der Waals surface area (Å²) in [4.78, 5) is 16.1. The minimum atomic E-state index is -0.236. The largest absolute Gasteiger partial charge is 0.492 e. The summed E-state index contributed by atoms with van der Waals surface area (Å²) >= 11 is 7.33. The highest BCUT2D eigenvalue weighted by atomic mass is 35.5. The number of carbonyl (C=O) groups excluding carboxylic acids is 1. The Hall–Kier alpha value is -1.79. The molecule has 5 nitrogen and oxygen atoms in total. The molecule has 7 heteroatoms. The minimum Gasteiger partial charge on any atom is -0.492 e. The van der Waals surface area contributed by atoms with Gasteiger partial charge in [0.15, 0.2) is 0 Å². The molecule has 0 aliphatic rings. The molecule has 0 fully saturated rings. The Bertz CT molecular complexity index is 616.